The molecule has 7 heteroatoms. The third kappa shape index (κ3) is 2.70. The van der Waals surface area contributed by atoms with E-state index in [4.69, 9.17) is 0 Å². The van der Waals surface area contributed by atoms with Gasteiger partial charge in [-0.05, 0) is 36.9 Å². The number of fused-ring (bicyclic) bond motifs is 3. The Hall–Kier alpha value is -2.93. The molecule has 1 atom stereocenters. The summed E-state index contributed by atoms with van der Waals surface area (Å²) in [5, 5.41) is 9.25. The maximum absolute atomic E-state index is 12.9. The van der Waals surface area contributed by atoms with Gasteiger partial charge in [0.1, 0.15) is 17.4 Å². The van der Waals surface area contributed by atoms with Gasteiger partial charge in [0.05, 0.1) is 10.2 Å². The fourth-order valence-electron chi connectivity index (χ4n) is 3.10. The quantitative estimate of drug-likeness (QED) is 0.604. The molecule has 0 aliphatic carbocycles. The number of thiophene rings is 1. The molecule has 132 valence electrons. The predicted molar refractivity (Wildman–Crippen MR) is 103 cm³/mol. The van der Waals surface area contributed by atoms with Gasteiger partial charge in [0.2, 0.25) is 5.91 Å². The van der Waals surface area contributed by atoms with Crippen molar-refractivity contribution < 1.29 is 4.79 Å². The first-order chi connectivity index (χ1) is 12.6. The van der Waals surface area contributed by atoms with Crippen LogP contribution in [-0.4, -0.2) is 20.1 Å². The number of rotatable bonds is 4. The zero-order valence-electron chi connectivity index (χ0n) is 14.5. The lowest BCUT2D eigenvalue weighted by atomic mass is 10.2. The van der Waals surface area contributed by atoms with Crippen LogP contribution in [0.5, 0.6) is 0 Å². The number of hydrogen-bond donors (Lipinski definition) is 1. The predicted octanol–water partition coefficient (Wildman–Crippen LogP) is 2.90. The van der Waals surface area contributed by atoms with E-state index < -0.39 is 6.04 Å². The Morgan fingerprint density at radius 3 is 2.77 bits per heavy atom. The van der Waals surface area contributed by atoms with Crippen LogP contribution in [0, 0.1) is 6.92 Å². The van der Waals surface area contributed by atoms with E-state index in [1.54, 1.807) is 18.3 Å². The molecular formula is C19H18N4O2S. The largest absolute Gasteiger partial charge is 0.350 e. The van der Waals surface area contributed by atoms with E-state index in [-0.39, 0.29) is 11.5 Å². The third-order valence-corrected chi connectivity index (χ3v) is 5.34. The van der Waals surface area contributed by atoms with E-state index in [0.29, 0.717) is 17.9 Å². The van der Waals surface area contributed by atoms with E-state index in [1.807, 2.05) is 59.2 Å². The Kier molecular flexibility index (Phi) is 4.08. The van der Waals surface area contributed by atoms with Gasteiger partial charge in [-0.2, -0.15) is 5.10 Å². The van der Waals surface area contributed by atoms with Gasteiger partial charge in [0.15, 0.2) is 0 Å². The highest BCUT2D eigenvalue weighted by Gasteiger charge is 2.21. The average molecular weight is 366 g/mol. The molecule has 26 heavy (non-hydrogen) atoms. The van der Waals surface area contributed by atoms with Crippen molar-refractivity contribution >= 4 is 33.0 Å². The van der Waals surface area contributed by atoms with Gasteiger partial charge in [-0.3, -0.25) is 14.0 Å². The molecule has 4 aromatic rings. The lowest BCUT2D eigenvalue weighted by molar-refractivity contribution is -0.124. The van der Waals surface area contributed by atoms with Crippen molar-refractivity contribution in [1.29, 1.82) is 0 Å². The molecule has 0 radical (unpaired) electrons. The highest BCUT2D eigenvalue weighted by atomic mass is 32.1. The highest BCUT2D eigenvalue weighted by molar-refractivity contribution is 7.17. The summed E-state index contributed by atoms with van der Waals surface area (Å²) in [7, 11) is 0. The van der Waals surface area contributed by atoms with Crippen LogP contribution in [0.4, 0.5) is 0 Å². The molecule has 0 aliphatic heterocycles. The Morgan fingerprint density at radius 1 is 1.23 bits per heavy atom. The first-order valence-electron chi connectivity index (χ1n) is 8.36. The van der Waals surface area contributed by atoms with Crippen LogP contribution in [-0.2, 0) is 11.3 Å². The molecule has 1 aromatic carbocycles. The fraction of sp³-hybridized carbons (Fsp3) is 0.211. The number of carbonyl (C=O) groups is 1. The van der Waals surface area contributed by atoms with E-state index >= 15 is 0 Å². The molecule has 0 fully saturated rings. The van der Waals surface area contributed by atoms with Gasteiger partial charge in [0.25, 0.3) is 5.56 Å². The molecule has 0 spiro atoms. The van der Waals surface area contributed by atoms with E-state index in [0.717, 1.165) is 15.8 Å². The van der Waals surface area contributed by atoms with Crippen LogP contribution in [0.25, 0.3) is 15.7 Å². The lowest BCUT2D eigenvalue weighted by Gasteiger charge is -2.15. The Morgan fingerprint density at radius 2 is 2.00 bits per heavy atom. The summed E-state index contributed by atoms with van der Waals surface area (Å²) in [6.45, 7) is 3.95. The molecule has 0 bridgehead atoms. The lowest BCUT2D eigenvalue weighted by Crippen LogP contribution is -2.38. The van der Waals surface area contributed by atoms with Gasteiger partial charge in [0, 0.05) is 6.54 Å². The molecular weight excluding hydrogens is 348 g/mol. The minimum atomic E-state index is -0.692. The van der Waals surface area contributed by atoms with Crippen LogP contribution in [0.15, 0.2) is 52.6 Å². The average Bonchev–Trinajstić information content (AvgIpc) is 3.24. The third-order valence-electron chi connectivity index (χ3n) is 4.48. The Labute approximate surface area is 153 Å². The molecule has 6 nitrogen and oxygen atoms in total. The van der Waals surface area contributed by atoms with Crippen molar-refractivity contribution in [2.24, 2.45) is 0 Å². The topological polar surface area (TPSA) is 68.4 Å². The highest BCUT2D eigenvalue weighted by Crippen LogP contribution is 2.24. The molecule has 1 N–H and O–H groups in total. The molecule has 1 unspecified atom stereocenters. The maximum atomic E-state index is 12.9. The summed E-state index contributed by atoms with van der Waals surface area (Å²) in [5.74, 6) is 0.441. The Balaban J connectivity index is 1.66. The number of aromatic nitrogens is 3. The second-order valence-corrected chi connectivity index (χ2v) is 7.16. The van der Waals surface area contributed by atoms with E-state index in [2.05, 4.69) is 10.4 Å². The summed E-state index contributed by atoms with van der Waals surface area (Å²) in [5.41, 5.74) is 2.26. The molecule has 1 amide bonds. The number of aryl methyl sites for hydroxylation is 1. The summed E-state index contributed by atoms with van der Waals surface area (Å²) in [6.07, 6.45) is 0. The normalized spacial score (nSPS) is 12.5. The number of amides is 1. The maximum Gasteiger partial charge on any atom is 0.291 e. The van der Waals surface area contributed by atoms with Gasteiger partial charge < -0.3 is 5.32 Å². The van der Waals surface area contributed by atoms with Crippen molar-refractivity contribution in [3.05, 3.63) is 69.6 Å². The van der Waals surface area contributed by atoms with Crippen LogP contribution in [0.2, 0.25) is 0 Å². The van der Waals surface area contributed by atoms with Crippen molar-refractivity contribution in [2.75, 3.05) is 0 Å². The second-order valence-electron chi connectivity index (χ2n) is 6.21. The minimum Gasteiger partial charge on any atom is -0.350 e. The van der Waals surface area contributed by atoms with Crippen molar-refractivity contribution in [3.8, 4) is 0 Å². The van der Waals surface area contributed by atoms with Crippen LogP contribution < -0.4 is 10.9 Å². The molecule has 3 heterocycles. The smallest absolute Gasteiger partial charge is 0.291 e. The summed E-state index contributed by atoms with van der Waals surface area (Å²) in [4.78, 5) is 25.4. The van der Waals surface area contributed by atoms with Gasteiger partial charge in [-0.15, -0.1) is 11.3 Å². The SMILES string of the molecule is Cc1nn(C(C)C(=O)NCc2ccccc2)c(=O)c2cc3sccc3n12. The van der Waals surface area contributed by atoms with Crippen LogP contribution >= 0.6 is 11.3 Å². The molecule has 4 rings (SSSR count). The van der Waals surface area contributed by atoms with Gasteiger partial charge in [-0.1, -0.05) is 30.3 Å². The van der Waals surface area contributed by atoms with Gasteiger partial charge >= 0.3 is 0 Å². The number of nitrogens with zero attached hydrogens (tertiary/aromatic N) is 3. The van der Waals surface area contributed by atoms with Crippen molar-refractivity contribution in [1.82, 2.24) is 19.5 Å². The van der Waals surface area contributed by atoms with Crippen LogP contribution in [0.3, 0.4) is 0 Å². The van der Waals surface area contributed by atoms with E-state index in [1.165, 1.54) is 4.68 Å². The zero-order valence-corrected chi connectivity index (χ0v) is 15.3. The fourth-order valence-corrected chi connectivity index (χ4v) is 3.90. The molecule has 3 aromatic heterocycles. The van der Waals surface area contributed by atoms with Crippen molar-refractivity contribution in [2.45, 2.75) is 26.4 Å². The first-order valence-corrected chi connectivity index (χ1v) is 9.24. The number of carbonyl (C=O) groups excluding carboxylic acids is 1. The molecule has 0 aliphatic rings. The molecule has 0 saturated carbocycles. The first kappa shape index (κ1) is 16.5. The number of benzene rings is 1. The van der Waals surface area contributed by atoms with Gasteiger partial charge in [-0.25, -0.2) is 4.68 Å². The zero-order chi connectivity index (χ0) is 18.3. The monoisotopic (exact) mass is 366 g/mol. The second kappa shape index (κ2) is 6.42. The number of hydrogen-bond acceptors (Lipinski definition) is 4. The Bertz CT molecular complexity index is 1160. The minimum absolute atomic E-state index is 0.236. The number of nitrogens with one attached hydrogen (secondary N) is 1. The summed E-state index contributed by atoms with van der Waals surface area (Å²) in [6, 6.07) is 12.8. The van der Waals surface area contributed by atoms with Crippen LogP contribution in [0.1, 0.15) is 24.4 Å². The van der Waals surface area contributed by atoms with Crippen molar-refractivity contribution in [3.63, 3.8) is 0 Å². The summed E-state index contributed by atoms with van der Waals surface area (Å²) >= 11 is 1.58. The van der Waals surface area contributed by atoms with E-state index in [9.17, 15) is 9.59 Å². The standard InChI is InChI=1S/C19H18N4O2S/c1-12(18(24)20-11-14-6-4-3-5-7-14)23-19(25)16-10-17-15(8-9-26-17)22(16)13(2)21-23/h3-10,12H,11H2,1-2H3,(H,20,24). The molecule has 0 saturated heterocycles. The summed E-state index contributed by atoms with van der Waals surface area (Å²) < 4.78 is 4.15.